The Morgan fingerprint density at radius 1 is 1.12 bits per heavy atom. The first-order chi connectivity index (χ1) is 16.0. The number of aryl methyl sites for hydroxylation is 1. The first-order valence-corrected chi connectivity index (χ1v) is 11.7. The summed E-state index contributed by atoms with van der Waals surface area (Å²) in [6, 6.07) is 12.3. The number of halogens is 2. The van der Waals surface area contributed by atoms with Crippen molar-refractivity contribution in [3.63, 3.8) is 0 Å². The van der Waals surface area contributed by atoms with Gasteiger partial charge < -0.3 is 10.2 Å². The van der Waals surface area contributed by atoms with Crippen LogP contribution in [-0.2, 0) is 11.3 Å². The number of nitrogens with one attached hydrogen (secondary N) is 1. The number of benzene rings is 2. The van der Waals surface area contributed by atoms with Crippen molar-refractivity contribution >= 4 is 32.7 Å². The summed E-state index contributed by atoms with van der Waals surface area (Å²) in [6.45, 7) is 3.74. The van der Waals surface area contributed by atoms with E-state index in [1.165, 1.54) is 24.3 Å². The molecule has 6 nitrogen and oxygen atoms in total. The first-order valence-electron chi connectivity index (χ1n) is 10.9. The third-order valence-corrected chi connectivity index (χ3v) is 7.11. The average Bonchev–Trinajstić information content (AvgIpc) is 3.40. The molecule has 1 saturated heterocycles. The summed E-state index contributed by atoms with van der Waals surface area (Å²) in [5.74, 6) is -0.726. The van der Waals surface area contributed by atoms with Crippen LogP contribution in [-0.4, -0.2) is 33.8 Å². The molecule has 0 bridgehead atoms. The molecule has 2 aromatic heterocycles. The lowest BCUT2D eigenvalue weighted by Crippen LogP contribution is -2.43. The number of aromatic nitrogens is 3. The van der Waals surface area contributed by atoms with E-state index in [-0.39, 0.29) is 23.5 Å². The summed E-state index contributed by atoms with van der Waals surface area (Å²) in [5.41, 5.74) is 3.22. The summed E-state index contributed by atoms with van der Waals surface area (Å²) in [6.07, 6.45) is 1.71. The number of hydrogen-bond acceptors (Lipinski definition) is 5. The van der Waals surface area contributed by atoms with Gasteiger partial charge in [-0.2, -0.15) is 10.1 Å². The summed E-state index contributed by atoms with van der Waals surface area (Å²) >= 11 is 1.56. The van der Waals surface area contributed by atoms with Crippen LogP contribution in [0.4, 0.5) is 13.9 Å². The third kappa shape index (κ3) is 4.45. The number of piperidine rings is 1. The molecule has 2 aromatic carbocycles. The van der Waals surface area contributed by atoms with Gasteiger partial charge in [0.15, 0.2) is 10.8 Å². The molecule has 1 atom stereocenters. The van der Waals surface area contributed by atoms with Gasteiger partial charge in [-0.25, -0.2) is 13.5 Å². The summed E-state index contributed by atoms with van der Waals surface area (Å²) < 4.78 is 29.1. The molecule has 5 rings (SSSR count). The quantitative estimate of drug-likeness (QED) is 0.466. The van der Waals surface area contributed by atoms with Crippen LogP contribution in [0.25, 0.3) is 16.0 Å². The smallest absolute Gasteiger partial charge is 0.225 e. The van der Waals surface area contributed by atoms with Crippen LogP contribution in [0.1, 0.15) is 24.1 Å². The number of nitrogens with zero attached hydrogens (tertiary/aromatic N) is 4. The molecule has 4 aromatic rings. The number of carbonyl (C=O) groups excluding carboxylic acids is 1. The molecule has 1 amide bonds. The summed E-state index contributed by atoms with van der Waals surface area (Å²) in [5, 5.41) is 8.41. The van der Waals surface area contributed by atoms with E-state index in [1.807, 2.05) is 6.92 Å². The first kappa shape index (κ1) is 21.5. The maximum Gasteiger partial charge on any atom is 0.225 e. The van der Waals surface area contributed by atoms with E-state index in [0.29, 0.717) is 13.1 Å². The second kappa shape index (κ2) is 8.90. The minimum atomic E-state index is -0.296. The van der Waals surface area contributed by atoms with Crippen LogP contribution < -0.4 is 10.2 Å². The lowest BCUT2D eigenvalue weighted by Gasteiger charge is -2.31. The van der Waals surface area contributed by atoms with Gasteiger partial charge in [-0.15, -0.1) is 0 Å². The standard InChI is InChI=1S/C24H23F2N5OS/c1-15-21-22(31(29-15)20-10-8-19(26)9-11-20)28-24(33-21)30-12-2-3-17(14-30)23(32)27-13-16-4-6-18(25)7-5-16/h4-11,17H,2-3,12-14H2,1H3,(H,27,32)/t17-/m0/s1. The Morgan fingerprint density at radius 3 is 2.55 bits per heavy atom. The van der Waals surface area contributed by atoms with Crippen molar-refractivity contribution in [3.8, 4) is 5.69 Å². The van der Waals surface area contributed by atoms with Gasteiger partial charge in [0.2, 0.25) is 5.91 Å². The monoisotopic (exact) mass is 467 g/mol. The van der Waals surface area contributed by atoms with Gasteiger partial charge in [0.05, 0.1) is 22.0 Å². The third-order valence-electron chi connectivity index (χ3n) is 5.89. The number of anilines is 1. The molecule has 0 aliphatic carbocycles. The lowest BCUT2D eigenvalue weighted by atomic mass is 9.97. The Bertz CT molecular complexity index is 1280. The Hall–Kier alpha value is -3.33. The molecular formula is C24H23F2N5OS. The zero-order valence-corrected chi connectivity index (χ0v) is 18.9. The fraction of sp³-hybridized carbons (Fsp3) is 0.292. The maximum atomic E-state index is 13.3. The van der Waals surface area contributed by atoms with Gasteiger partial charge in [0.1, 0.15) is 11.6 Å². The summed E-state index contributed by atoms with van der Waals surface area (Å²) in [7, 11) is 0. The van der Waals surface area contributed by atoms with Gasteiger partial charge in [-0.1, -0.05) is 23.5 Å². The number of carbonyl (C=O) groups is 1. The molecule has 33 heavy (non-hydrogen) atoms. The van der Waals surface area contributed by atoms with E-state index in [1.54, 1.807) is 40.3 Å². The van der Waals surface area contributed by atoms with Gasteiger partial charge in [0, 0.05) is 19.6 Å². The van der Waals surface area contributed by atoms with Crippen molar-refractivity contribution in [3.05, 3.63) is 71.4 Å². The molecule has 1 aliphatic rings. The largest absolute Gasteiger partial charge is 0.352 e. The highest BCUT2D eigenvalue weighted by molar-refractivity contribution is 7.22. The van der Waals surface area contributed by atoms with E-state index >= 15 is 0 Å². The van der Waals surface area contributed by atoms with Crippen LogP contribution in [0, 0.1) is 24.5 Å². The van der Waals surface area contributed by atoms with E-state index in [2.05, 4.69) is 15.3 Å². The average molecular weight is 468 g/mol. The highest BCUT2D eigenvalue weighted by atomic mass is 32.1. The van der Waals surface area contributed by atoms with Gasteiger partial charge in [-0.3, -0.25) is 4.79 Å². The Morgan fingerprint density at radius 2 is 1.82 bits per heavy atom. The predicted molar refractivity (Wildman–Crippen MR) is 125 cm³/mol. The predicted octanol–water partition coefficient (Wildman–Crippen LogP) is 4.60. The topological polar surface area (TPSA) is 63.1 Å². The van der Waals surface area contributed by atoms with E-state index in [9.17, 15) is 13.6 Å². The van der Waals surface area contributed by atoms with Gasteiger partial charge in [0.25, 0.3) is 0 Å². The number of fused-ring (bicyclic) bond motifs is 1. The summed E-state index contributed by atoms with van der Waals surface area (Å²) in [4.78, 5) is 19.8. The molecule has 0 spiro atoms. The zero-order chi connectivity index (χ0) is 22.9. The van der Waals surface area contributed by atoms with Crippen LogP contribution in [0.5, 0.6) is 0 Å². The van der Waals surface area contributed by atoms with Crippen LogP contribution >= 0.6 is 11.3 Å². The fourth-order valence-corrected chi connectivity index (χ4v) is 5.14. The fourth-order valence-electron chi connectivity index (χ4n) is 4.12. The van der Waals surface area contributed by atoms with Crippen LogP contribution in [0.2, 0.25) is 0 Å². The molecule has 1 N–H and O–H groups in total. The molecule has 3 heterocycles. The van der Waals surface area contributed by atoms with Crippen LogP contribution in [0.3, 0.4) is 0 Å². The van der Waals surface area contributed by atoms with Crippen LogP contribution in [0.15, 0.2) is 48.5 Å². The second-order valence-electron chi connectivity index (χ2n) is 8.25. The Labute approximate surface area is 193 Å². The highest BCUT2D eigenvalue weighted by Crippen LogP contribution is 2.34. The normalized spacial score (nSPS) is 16.3. The van der Waals surface area contributed by atoms with Crippen molar-refractivity contribution in [2.24, 2.45) is 5.92 Å². The molecule has 0 radical (unpaired) electrons. The zero-order valence-electron chi connectivity index (χ0n) is 18.1. The number of rotatable bonds is 5. The minimum Gasteiger partial charge on any atom is -0.352 e. The molecule has 0 saturated carbocycles. The number of amides is 1. The highest BCUT2D eigenvalue weighted by Gasteiger charge is 2.28. The van der Waals surface area contributed by atoms with Gasteiger partial charge in [-0.05, 0) is 61.7 Å². The van der Waals surface area contributed by atoms with Crippen molar-refractivity contribution in [2.75, 3.05) is 18.0 Å². The molecular weight excluding hydrogens is 444 g/mol. The number of hydrogen-bond donors (Lipinski definition) is 1. The van der Waals surface area contributed by atoms with Crippen molar-refractivity contribution in [1.82, 2.24) is 20.1 Å². The second-order valence-corrected chi connectivity index (χ2v) is 9.23. The molecule has 0 unspecified atom stereocenters. The van der Waals surface area contributed by atoms with E-state index in [4.69, 9.17) is 4.98 Å². The Balaban J connectivity index is 1.31. The van der Waals surface area contributed by atoms with Crippen molar-refractivity contribution in [2.45, 2.75) is 26.3 Å². The molecule has 170 valence electrons. The van der Waals surface area contributed by atoms with Gasteiger partial charge >= 0.3 is 0 Å². The van der Waals surface area contributed by atoms with Crippen molar-refractivity contribution in [1.29, 1.82) is 0 Å². The number of thiazole rings is 1. The van der Waals surface area contributed by atoms with E-state index < -0.39 is 0 Å². The Kier molecular flexibility index (Phi) is 5.80. The maximum absolute atomic E-state index is 13.3. The lowest BCUT2D eigenvalue weighted by molar-refractivity contribution is -0.125. The van der Waals surface area contributed by atoms with E-state index in [0.717, 1.165) is 51.8 Å². The SMILES string of the molecule is Cc1nn(-c2ccc(F)cc2)c2nc(N3CCC[C@H](C(=O)NCc4ccc(F)cc4)C3)sc12. The molecule has 1 fully saturated rings. The molecule has 9 heteroatoms. The minimum absolute atomic E-state index is 0.00111. The van der Waals surface area contributed by atoms with Crippen molar-refractivity contribution < 1.29 is 13.6 Å². The molecule has 1 aliphatic heterocycles.